The second kappa shape index (κ2) is 7.64. The van der Waals surface area contributed by atoms with Gasteiger partial charge < -0.3 is 20.5 Å². The highest BCUT2D eigenvalue weighted by Gasteiger charge is 2.15. The van der Waals surface area contributed by atoms with Crippen LogP contribution in [0.2, 0.25) is 0 Å². The van der Waals surface area contributed by atoms with Crippen LogP contribution >= 0.6 is 0 Å². The summed E-state index contributed by atoms with van der Waals surface area (Å²) in [5.41, 5.74) is 1.25. The lowest BCUT2D eigenvalue weighted by atomic mass is 10.1. The zero-order valence-electron chi connectivity index (χ0n) is 11.8. The van der Waals surface area contributed by atoms with Gasteiger partial charge in [-0.05, 0) is 37.0 Å². The number of hydrogen-bond acceptors (Lipinski definition) is 3. The van der Waals surface area contributed by atoms with E-state index in [1.54, 1.807) is 24.3 Å². The van der Waals surface area contributed by atoms with Crippen molar-refractivity contribution in [2.24, 2.45) is 0 Å². The summed E-state index contributed by atoms with van der Waals surface area (Å²) in [6.45, 7) is 1.82. The van der Waals surface area contributed by atoms with Gasteiger partial charge in [0, 0.05) is 19.7 Å². The molecule has 2 rings (SSSR count). The van der Waals surface area contributed by atoms with Crippen LogP contribution in [0, 0.1) is 0 Å². The number of carbonyl (C=O) groups is 2. The number of carboxylic acids is 1. The van der Waals surface area contributed by atoms with Gasteiger partial charge in [0.15, 0.2) is 0 Å². The zero-order valence-corrected chi connectivity index (χ0v) is 11.8. The van der Waals surface area contributed by atoms with Crippen molar-refractivity contribution in [3.63, 3.8) is 0 Å². The lowest BCUT2D eigenvalue weighted by molar-refractivity contribution is 0.0697. The average Bonchev–Trinajstić information content (AvgIpc) is 2.99. The first-order valence-electron chi connectivity index (χ1n) is 7.10. The number of aromatic carboxylic acids is 1. The molecule has 6 nitrogen and oxygen atoms in total. The Morgan fingerprint density at radius 2 is 2.00 bits per heavy atom. The van der Waals surface area contributed by atoms with E-state index < -0.39 is 5.97 Å². The number of hydrogen-bond donors (Lipinski definition) is 3. The third-order valence-electron chi connectivity index (χ3n) is 3.41. The smallest absolute Gasteiger partial charge is 0.335 e. The molecule has 2 amide bonds. The van der Waals surface area contributed by atoms with Gasteiger partial charge in [0.2, 0.25) is 0 Å². The van der Waals surface area contributed by atoms with Gasteiger partial charge in [-0.15, -0.1) is 0 Å². The van der Waals surface area contributed by atoms with Crippen molar-refractivity contribution in [3.8, 4) is 0 Å². The van der Waals surface area contributed by atoms with Crippen molar-refractivity contribution >= 4 is 12.0 Å². The fourth-order valence-electron chi connectivity index (χ4n) is 2.21. The second-order valence-corrected chi connectivity index (χ2v) is 5.02. The molecule has 1 aliphatic heterocycles. The zero-order chi connectivity index (χ0) is 15.1. The van der Waals surface area contributed by atoms with Gasteiger partial charge in [0.1, 0.15) is 0 Å². The van der Waals surface area contributed by atoms with Crippen LogP contribution in [0.4, 0.5) is 4.79 Å². The molecule has 1 aromatic carbocycles. The van der Waals surface area contributed by atoms with Crippen molar-refractivity contribution in [1.29, 1.82) is 0 Å². The van der Waals surface area contributed by atoms with Crippen molar-refractivity contribution in [2.45, 2.75) is 25.4 Å². The topological polar surface area (TPSA) is 87.7 Å². The molecule has 0 aliphatic carbocycles. The summed E-state index contributed by atoms with van der Waals surface area (Å²) < 4.78 is 5.42. The van der Waals surface area contributed by atoms with E-state index in [1.807, 2.05) is 0 Å². The quantitative estimate of drug-likeness (QED) is 0.739. The van der Waals surface area contributed by atoms with E-state index in [9.17, 15) is 9.59 Å². The van der Waals surface area contributed by atoms with E-state index in [1.165, 1.54) is 0 Å². The fraction of sp³-hybridized carbons (Fsp3) is 0.467. The van der Waals surface area contributed by atoms with Crippen LogP contribution in [0.1, 0.15) is 28.8 Å². The number of carbonyl (C=O) groups excluding carboxylic acids is 1. The molecular weight excluding hydrogens is 272 g/mol. The van der Waals surface area contributed by atoms with Crippen LogP contribution in [0.25, 0.3) is 0 Å². The number of ether oxygens (including phenoxy) is 1. The molecular formula is C15H20N2O4. The van der Waals surface area contributed by atoms with Crippen molar-refractivity contribution in [1.82, 2.24) is 10.6 Å². The summed E-state index contributed by atoms with van der Waals surface area (Å²) in [6.07, 6.45) is 2.85. The second-order valence-electron chi connectivity index (χ2n) is 5.02. The lowest BCUT2D eigenvalue weighted by Crippen LogP contribution is -2.40. The summed E-state index contributed by atoms with van der Waals surface area (Å²) in [6, 6.07) is 6.45. The molecule has 0 aromatic heterocycles. The van der Waals surface area contributed by atoms with E-state index in [-0.39, 0.29) is 17.7 Å². The van der Waals surface area contributed by atoms with Crippen LogP contribution in [0.15, 0.2) is 24.3 Å². The Balaban J connectivity index is 1.63. The van der Waals surface area contributed by atoms with Crippen molar-refractivity contribution in [3.05, 3.63) is 35.4 Å². The highest BCUT2D eigenvalue weighted by molar-refractivity contribution is 5.87. The normalized spacial score (nSPS) is 17.4. The minimum atomic E-state index is -0.937. The largest absolute Gasteiger partial charge is 0.478 e. The number of benzene rings is 1. The maximum absolute atomic E-state index is 11.6. The number of rotatable bonds is 6. The van der Waals surface area contributed by atoms with Crippen LogP contribution in [-0.2, 0) is 11.2 Å². The third-order valence-corrected chi connectivity index (χ3v) is 3.41. The minimum Gasteiger partial charge on any atom is -0.478 e. The van der Waals surface area contributed by atoms with Gasteiger partial charge in [-0.25, -0.2) is 9.59 Å². The van der Waals surface area contributed by atoms with Gasteiger partial charge in [0.25, 0.3) is 0 Å². The monoisotopic (exact) mass is 292 g/mol. The summed E-state index contributed by atoms with van der Waals surface area (Å²) in [5.74, 6) is -0.937. The lowest BCUT2D eigenvalue weighted by Gasteiger charge is -2.11. The first-order valence-corrected chi connectivity index (χ1v) is 7.10. The van der Waals surface area contributed by atoms with Crippen molar-refractivity contribution < 1.29 is 19.4 Å². The third kappa shape index (κ3) is 5.07. The number of carboxylic acid groups (broad SMARTS) is 1. The molecule has 1 atom stereocenters. The highest BCUT2D eigenvalue weighted by atomic mass is 16.5. The summed E-state index contributed by atoms with van der Waals surface area (Å²) in [7, 11) is 0. The van der Waals surface area contributed by atoms with Gasteiger partial charge in [-0.1, -0.05) is 12.1 Å². The molecule has 0 radical (unpaired) electrons. The van der Waals surface area contributed by atoms with Crippen LogP contribution in [0.3, 0.4) is 0 Å². The Bertz CT molecular complexity index is 481. The predicted octanol–water partition coefficient (Wildman–Crippen LogP) is 1.41. The van der Waals surface area contributed by atoms with Gasteiger partial charge in [0.05, 0.1) is 11.7 Å². The molecule has 0 saturated carbocycles. The van der Waals surface area contributed by atoms with E-state index in [0.29, 0.717) is 19.5 Å². The molecule has 21 heavy (non-hydrogen) atoms. The fourth-order valence-corrected chi connectivity index (χ4v) is 2.21. The summed E-state index contributed by atoms with van der Waals surface area (Å²) >= 11 is 0. The predicted molar refractivity (Wildman–Crippen MR) is 77.5 cm³/mol. The van der Waals surface area contributed by atoms with Crippen LogP contribution in [0.5, 0.6) is 0 Å². The molecule has 1 aliphatic rings. The molecule has 1 aromatic rings. The molecule has 1 fully saturated rings. The van der Waals surface area contributed by atoms with E-state index in [2.05, 4.69) is 10.6 Å². The molecule has 1 heterocycles. The Morgan fingerprint density at radius 3 is 2.62 bits per heavy atom. The molecule has 0 bridgehead atoms. The average molecular weight is 292 g/mol. The summed E-state index contributed by atoms with van der Waals surface area (Å²) in [5, 5.41) is 14.4. The van der Waals surface area contributed by atoms with Gasteiger partial charge >= 0.3 is 12.0 Å². The minimum absolute atomic E-state index is 0.138. The first-order chi connectivity index (χ1) is 10.1. The standard InChI is InChI=1S/C15H20N2O4/c18-14(19)12-5-3-11(4-6-12)7-8-16-15(20)17-10-13-2-1-9-21-13/h3-6,13H,1-2,7-10H2,(H,18,19)(H2,16,17,20). The van der Waals surface area contributed by atoms with E-state index in [0.717, 1.165) is 25.0 Å². The number of amides is 2. The van der Waals surface area contributed by atoms with Gasteiger partial charge in [-0.2, -0.15) is 0 Å². The SMILES string of the molecule is O=C(NCCc1ccc(C(=O)O)cc1)NCC1CCCO1. The number of urea groups is 1. The molecule has 1 saturated heterocycles. The number of nitrogens with one attached hydrogen (secondary N) is 2. The Morgan fingerprint density at radius 1 is 1.24 bits per heavy atom. The molecule has 6 heteroatoms. The molecule has 1 unspecified atom stereocenters. The Labute approximate surface area is 123 Å². The Hall–Kier alpha value is -2.08. The van der Waals surface area contributed by atoms with Crippen LogP contribution < -0.4 is 10.6 Å². The maximum atomic E-state index is 11.6. The summed E-state index contributed by atoms with van der Waals surface area (Å²) in [4.78, 5) is 22.3. The maximum Gasteiger partial charge on any atom is 0.335 e. The molecule has 0 spiro atoms. The Kier molecular flexibility index (Phi) is 5.57. The first kappa shape index (κ1) is 15.3. The molecule has 3 N–H and O–H groups in total. The van der Waals surface area contributed by atoms with Crippen molar-refractivity contribution in [2.75, 3.05) is 19.7 Å². The van der Waals surface area contributed by atoms with Crippen LogP contribution in [-0.4, -0.2) is 42.9 Å². The molecule has 114 valence electrons. The highest BCUT2D eigenvalue weighted by Crippen LogP contribution is 2.10. The van der Waals surface area contributed by atoms with E-state index in [4.69, 9.17) is 9.84 Å². The van der Waals surface area contributed by atoms with Gasteiger partial charge in [-0.3, -0.25) is 0 Å². The van der Waals surface area contributed by atoms with E-state index >= 15 is 0 Å².